The van der Waals surface area contributed by atoms with Crippen LogP contribution in [0.2, 0.25) is 0 Å². The number of hydrogen-bond donors (Lipinski definition) is 1. The van der Waals surface area contributed by atoms with Crippen LogP contribution in [0.3, 0.4) is 0 Å². The summed E-state index contributed by atoms with van der Waals surface area (Å²) in [6.45, 7) is 1.61. The minimum absolute atomic E-state index is 0.333. The van der Waals surface area contributed by atoms with Crippen LogP contribution in [0, 0.1) is 12.7 Å². The lowest BCUT2D eigenvalue weighted by Gasteiger charge is -2.05. The van der Waals surface area contributed by atoms with E-state index in [0.29, 0.717) is 17.1 Å². The van der Waals surface area contributed by atoms with E-state index in [1.807, 2.05) is 0 Å². The van der Waals surface area contributed by atoms with Crippen LogP contribution in [-0.2, 0) is 7.05 Å². The number of nitrogens with one attached hydrogen (secondary N) is 1. The zero-order valence-electron chi connectivity index (χ0n) is 9.44. The Morgan fingerprint density at radius 1 is 1.47 bits per heavy atom. The van der Waals surface area contributed by atoms with Gasteiger partial charge in [-0.3, -0.25) is 10.1 Å². The molecule has 1 heterocycles. The molecule has 0 fully saturated rings. The third-order valence-electron chi connectivity index (χ3n) is 2.36. The predicted octanol–water partition coefficient (Wildman–Crippen LogP) is 1.51. The van der Waals surface area contributed by atoms with Crippen LogP contribution < -0.4 is 5.32 Å². The van der Waals surface area contributed by atoms with Gasteiger partial charge in [0.1, 0.15) is 12.1 Å². The Bertz CT molecular complexity index is 564. The molecule has 2 rings (SSSR count). The van der Waals surface area contributed by atoms with E-state index in [1.165, 1.54) is 24.5 Å². The summed E-state index contributed by atoms with van der Waals surface area (Å²) in [5.74, 6) is -0.332. The quantitative estimate of drug-likeness (QED) is 0.856. The summed E-state index contributed by atoms with van der Waals surface area (Å²) < 4.78 is 14.6. The average Bonchev–Trinajstić information content (AvgIpc) is 2.68. The second-order valence-corrected chi connectivity index (χ2v) is 3.68. The molecule has 0 aliphatic carbocycles. The zero-order chi connectivity index (χ0) is 12.4. The Hall–Kier alpha value is -2.24. The number of amides is 1. The maximum absolute atomic E-state index is 13.0. The number of hydrogen-bond acceptors (Lipinski definition) is 3. The van der Waals surface area contributed by atoms with Crippen molar-refractivity contribution in [2.45, 2.75) is 6.92 Å². The van der Waals surface area contributed by atoms with Gasteiger partial charge in [-0.2, -0.15) is 0 Å². The molecule has 0 saturated heterocycles. The highest BCUT2D eigenvalue weighted by atomic mass is 19.1. The molecule has 0 saturated carbocycles. The standard InChI is InChI=1S/C11H11FN4O/c1-7-5-8(3-4-9(7)12)10(17)14-11-15-13-6-16(11)2/h3-6H,1-2H3,(H,14,15,17). The highest BCUT2D eigenvalue weighted by Gasteiger charge is 2.10. The van der Waals surface area contributed by atoms with E-state index in [1.54, 1.807) is 18.5 Å². The fraction of sp³-hybridized carbons (Fsp3) is 0.182. The fourth-order valence-electron chi connectivity index (χ4n) is 1.36. The van der Waals surface area contributed by atoms with Crippen molar-refractivity contribution >= 4 is 11.9 Å². The van der Waals surface area contributed by atoms with Gasteiger partial charge in [-0.1, -0.05) is 0 Å². The molecule has 0 aliphatic rings. The lowest BCUT2D eigenvalue weighted by atomic mass is 10.1. The summed E-state index contributed by atoms with van der Waals surface area (Å²) in [7, 11) is 1.71. The van der Waals surface area contributed by atoms with Crippen LogP contribution in [0.15, 0.2) is 24.5 Å². The summed E-state index contributed by atoms with van der Waals surface area (Å²) in [6.07, 6.45) is 1.48. The van der Waals surface area contributed by atoms with E-state index in [-0.39, 0.29) is 11.7 Å². The summed E-state index contributed by atoms with van der Waals surface area (Å²) in [5.41, 5.74) is 0.808. The lowest BCUT2D eigenvalue weighted by Crippen LogP contribution is -2.15. The first-order valence-corrected chi connectivity index (χ1v) is 4.99. The molecular weight excluding hydrogens is 223 g/mol. The van der Waals surface area contributed by atoms with Crippen LogP contribution in [-0.4, -0.2) is 20.7 Å². The van der Waals surface area contributed by atoms with Gasteiger partial charge < -0.3 is 4.57 Å². The molecule has 1 aromatic heterocycles. The third kappa shape index (κ3) is 2.30. The molecule has 0 bridgehead atoms. The maximum Gasteiger partial charge on any atom is 0.258 e. The minimum Gasteiger partial charge on any atom is -0.303 e. The molecule has 0 aliphatic heterocycles. The van der Waals surface area contributed by atoms with Gasteiger partial charge >= 0.3 is 0 Å². The molecule has 6 heteroatoms. The first-order valence-electron chi connectivity index (χ1n) is 4.99. The first kappa shape index (κ1) is 11.3. The molecule has 1 amide bonds. The van der Waals surface area contributed by atoms with Gasteiger partial charge in [-0.15, -0.1) is 10.2 Å². The molecule has 2 aromatic rings. The molecule has 0 radical (unpaired) electrons. The van der Waals surface area contributed by atoms with Gasteiger partial charge in [0.15, 0.2) is 0 Å². The van der Waals surface area contributed by atoms with Crippen molar-refractivity contribution in [2.24, 2.45) is 7.05 Å². The Labute approximate surface area is 97.3 Å². The van der Waals surface area contributed by atoms with Gasteiger partial charge in [0.25, 0.3) is 5.91 Å². The van der Waals surface area contributed by atoms with Crippen molar-refractivity contribution < 1.29 is 9.18 Å². The van der Waals surface area contributed by atoms with E-state index < -0.39 is 0 Å². The highest BCUT2D eigenvalue weighted by Crippen LogP contribution is 2.10. The smallest absolute Gasteiger partial charge is 0.258 e. The van der Waals surface area contributed by atoms with Crippen LogP contribution in [0.5, 0.6) is 0 Å². The second kappa shape index (κ2) is 4.32. The van der Waals surface area contributed by atoms with E-state index in [4.69, 9.17) is 0 Å². The van der Waals surface area contributed by atoms with Crippen LogP contribution in [0.4, 0.5) is 10.3 Å². The summed E-state index contributed by atoms with van der Waals surface area (Å²) in [4.78, 5) is 11.8. The summed E-state index contributed by atoms with van der Waals surface area (Å²) in [5, 5.41) is 9.95. The number of nitrogens with zero attached hydrogens (tertiary/aromatic N) is 3. The van der Waals surface area contributed by atoms with E-state index in [2.05, 4.69) is 15.5 Å². The lowest BCUT2D eigenvalue weighted by molar-refractivity contribution is 0.102. The van der Waals surface area contributed by atoms with Gasteiger partial charge in [0.05, 0.1) is 0 Å². The van der Waals surface area contributed by atoms with Crippen molar-refractivity contribution in [3.05, 3.63) is 41.5 Å². The molecule has 0 spiro atoms. The van der Waals surface area contributed by atoms with Crippen molar-refractivity contribution in [3.8, 4) is 0 Å². The van der Waals surface area contributed by atoms with Crippen LogP contribution in [0.1, 0.15) is 15.9 Å². The number of aromatic nitrogens is 3. The van der Waals surface area contributed by atoms with E-state index in [9.17, 15) is 9.18 Å². The number of carbonyl (C=O) groups is 1. The van der Waals surface area contributed by atoms with Crippen molar-refractivity contribution in [1.29, 1.82) is 0 Å². The molecule has 17 heavy (non-hydrogen) atoms. The minimum atomic E-state index is -0.343. The fourth-order valence-corrected chi connectivity index (χ4v) is 1.36. The molecule has 1 N–H and O–H groups in total. The Kier molecular flexibility index (Phi) is 2.86. The second-order valence-electron chi connectivity index (χ2n) is 3.68. The van der Waals surface area contributed by atoms with Crippen LogP contribution in [0.25, 0.3) is 0 Å². The predicted molar refractivity (Wildman–Crippen MR) is 60.1 cm³/mol. The molecule has 5 nitrogen and oxygen atoms in total. The molecule has 1 aromatic carbocycles. The van der Waals surface area contributed by atoms with Gasteiger partial charge in [-0.25, -0.2) is 4.39 Å². The summed E-state index contributed by atoms with van der Waals surface area (Å²) >= 11 is 0. The SMILES string of the molecule is Cc1cc(C(=O)Nc2nncn2C)ccc1F. The number of halogens is 1. The van der Waals surface area contributed by atoms with Gasteiger partial charge in [0.2, 0.25) is 5.95 Å². The monoisotopic (exact) mass is 234 g/mol. The molecule has 88 valence electrons. The summed E-state index contributed by atoms with van der Waals surface area (Å²) in [6, 6.07) is 4.18. The molecule has 0 atom stereocenters. The normalized spacial score (nSPS) is 10.3. The van der Waals surface area contributed by atoms with Crippen molar-refractivity contribution in [2.75, 3.05) is 5.32 Å². The number of carbonyl (C=O) groups excluding carboxylic acids is 1. The van der Waals surface area contributed by atoms with E-state index >= 15 is 0 Å². The molecular formula is C11H11FN4O. The molecule has 0 unspecified atom stereocenters. The average molecular weight is 234 g/mol. The largest absolute Gasteiger partial charge is 0.303 e. The third-order valence-corrected chi connectivity index (χ3v) is 2.36. The topological polar surface area (TPSA) is 59.8 Å². The number of anilines is 1. The number of rotatable bonds is 2. The van der Waals surface area contributed by atoms with Crippen molar-refractivity contribution in [1.82, 2.24) is 14.8 Å². The van der Waals surface area contributed by atoms with Crippen LogP contribution >= 0.6 is 0 Å². The van der Waals surface area contributed by atoms with Gasteiger partial charge in [-0.05, 0) is 30.7 Å². The highest BCUT2D eigenvalue weighted by molar-refractivity contribution is 6.03. The van der Waals surface area contributed by atoms with Gasteiger partial charge in [0, 0.05) is 12.6 Å². The Balaban J connectivity index is 2.20. The first-order chi connectivity index (χ1) is 8.08. The maximum atomic E-state index is 13.0. The van der Waals surface area contributed by atoms with Crippen molar-refractivity contribution in [3.63, 3.8) is 0 Å². The Morgan fingerprint density at radius 3 is 2.82 bits per heavy atom. The zero-order valence-corrected chi connectivity index (χ0v) is 9.44. The van der Waals surface area contributed by atoms with E-state index in [0.717, 1.165) is 0 Å². The number of aryl methyl sites for hydroxylation is 2. The Morgan fingerprint density at radius 2 is 2.24 bits per heavy atom. The number of benzene rings is 1.